The summed E-state index contributed by atoms with van der Waals surface area (Å²) < 4.78 is 29.0. The van der Waals surface area contributed by atoms with E-state index in [0.717, 1.165) is 0 Å². The molecule has 1 heterocycles. The summed E-state index contributed by atoms with van der Waals surface area (Å²) in [5, 5.41) is 0. The van der Waals surface area contributed by atoms with E-state index in [9.17, 15) is 0 Å². The van der Waals surface area contributed by atoms with Crippen LogP contribution < -0.4 is 10.7 Å². The molecule has 0 atom stereocenters. The summed E-state index contributed by atoms with van der Waals surface area (Å²) in [5.74, 6) is 0. The molecule has 81 heavy (non-hydrogen) atoms. The summed E-state index contributed by atoms with van der Waals surface area (Å²) in [7, 11) is 0. The van der Waals surface area contributed by atoms with Crippen LogP contribution in [0.25, 0.3) is 66.8 Å². The molecule has 10 rings (SSSR count). The first-order chi connectivity index (χ1) is 37.1. The average Bonchev–Trinajstić information content (AvgIpc) is 3.32. The van der Waals surface area contributed by atoms with Gasteiger partial charge in [-0.05, 0) is 0 Å². The van der Waals surface area contributed by atoms with Crippen molar-refractivity contribution in [3.63, 3.8) is 0 Å². The molecule has 9 heteroatoms. The maximum Gasteiger partial charge on any atom is -0.412 e. The Kier molecular flexibility index (Phi) is 20.1. The summed E-state index contributed by atoms with van der Waals surface area (Å²) in [6.45, 7) is 40.8. The van der Waals surface area contributed by atoms with Gasteiger partial charge < -0.3 is 16.4 Å². The van der Waals surface area contributed by atoms with Gasteiger partial charge in [-0.2, -0.15) is 0 Å². The van der Waals surface area contributed by atoms with Crippen LogP contribution in [-0.2, 0) is 4.23 Å². The maximum atomic E-state index is 8.39. The molecule has 0 aromatic heterocycles. The third-order valence-corrected chi connectivity index (χ3v) is 48.6. The smallest absolute Gasteiger partial charge is 0.412 e. The van der Waals surface area contributed by atoms with Crippen LogP contribution in [-0.4, -0.2) is 78.2 Å². The van der Waals surface area contributed by atoms with Crippen LogP contribution in [0.3, 0.4) is 0 Å². The Labute approximate surface area is 507 Å². The van der Waals surface area contributed by atoms with Crippen molar-refractivity contribution in [1.82, 2.24) is 0 Å². The van der Waals surface area contributed by atoms with Crippen LogP contribution in [0, 0.1) is 125 Å². The van der Waals surface area contributed by atoms with Crippen molar-refractivity contribution in [1.29, 1.82) is 0 Å². The topological polar surface area (TPSA) is 122 Å². The van der Waals surface area contributed by atoms with E-state index in [1.54, 1.807) is 0 Å². The molecule has 1 saturated heterocycles. The van der Waals surface area contributed by atoms with Gasteiger partial charge in [0.1, 0.15) is 0 Å². The zero-order chi connectivity index (χ0) is 55.8. The molecular formula is C72H81O6Sn3. The normalized spacial score (nSPS) is 13.0. The minimum absolute atomic E-state index is 0. The van der Waals surface area contributed by atoms with Gasteiger partial charge in [0.25, 0.3) is 0 Å². The second-order valence-corrected chi connectivity index (χ2v) is 45.7. The van der Waals surface area contributed by atoms with Gasteiger partial charge >= 0.3 is 496 Å². The Morgan fingerprint density at radius 1 is 0.210 bits per heavy atom. The van der Waals surface area contributed by atoms with E-state index in [-0.39, 0.29) is 16.4 Å². The molecular weight excluding hydrogens is 1320 g/mol. The molecule has 0 bridgehead atoms. The standard InChI is InChI=1S/3C24H25.3H2O.3O.3Sn/c3*1-15-10-17(3)23(18(4)11-15)21-8-7-9-22(14-21)24-19(5)12-16(2)13-20(24)6;;;;;;;;;/h3*7-13H,1-6H3;3*1H2;;;;;;. The summed E-state index contributed by atoms with van der Waals surface area (Å²) in [6.07, 6.45) is 0. The van der Waals surface area contributed by atoms with E-state index in [0.29, 0.717) is 0 Å². The van der Waals surface area contributed by atoms with Crippen molar-refractivity contribution in [2.75, 3.05) is 0 Å². The number of hydrogen-bond acceptors (Lipinski definition) is 3. The Bertz CT molecular complexity index is 3140. The van der Waals surface area contributed by atoms with Gasteiger partial charge in [0.2, 0.25) is 0 Å². The van der Waals surface area contributed by atoms with Crippen LogP contribution in [0.1, 0.15) is 100 Å². The first kappa shape index (κ1) is 63.7. The largest absolute Gasteiger partial charge is 0.412 e. The van der Waals surface area contributed by atoms with E-state index in [1.165, 1.54) is 178 Å². The Morgan fingerprint density at radius 3 is 0.457 bits per heavy atom. The molecule has 1 aliphatic rings. The van der Waals surface area contributed by atoms with Crippen LogP contribution in [0.4, 0.5) is 0 Å². The molecule has 9 aromatic rings. The number of rotatable bonds is 9. The van der Waals surface area contributed by atoms with Gasteiger partial charge in [-0.3, -0.25) is 0 Å². The number of hydrogen-bond donors (Lipinski definition) is 0. The minimum atomic E-state index is -3.94. The van der Waals surface area contributed by atoms with Crippen molar-refractivity contribution >= 4 is 72.5 Å². The van der Waals surface area contributed by atoms with E-state index >= 15 is 0 Å². The van der Waals surface area contributed by atoms with Crippen molar-refractivity contribution in [3.05, 3.63) is 228 Å². The van der Waals surface area contributed by atoms with Crippen molar-refractivity contribution < 1.29 is 20.7 Å². The molecule has 1 fully saturated rings. The van der Waals surface area contributed by atoms with Crippen molar-refractivity contribution in [2.45, 2.75) is 125 Å². The fourth-order valence-electron chi connectivity index (χ4n) is 13.8. The van der Waals surface area contributed by atoms with Crippen LogP contribution in [0.5, 0.6) is 0 Å². The molecule has 6 nitrogen and oxygen atoms in total. The fourth-order valence-corrected chi connectivity index (χ4v) is 64.5. The summed E-state index contributed by atoms with van der Waals surface area (Å²) >= 11 is -11.8. The van der Waals surface area contributed by atoms with Crippen molar-refractivity contribution in [2.24, 2.45) is 0 Å². The van der Waals surface area contributed by atoms with Crippen LogP contribution in [0.15, 0.2) is 127 Å². The first-order valence-corrected chi connectivity index (χ1v) is 38.9. The van der Waals surface area contributed by atoms with E-state index in [1.807, 2.05) is 0 Å². The van der Waals surface area contributed by atoms with Gasteiger partial charge in [-0.15, -0.1) is 0 Å². The third-order valence-electron chi connectivity index (χ3n) is 16.0. The fraction of sp³-hybridized carbons (Fsp3) is 0.250. The Balaban J connectivity index is 0.00000315. The van der Waals surface area contributed by atoms with Gasteiger partial charge in [0, 0.05) is 0 Å². The molecule has 3 radical (unpaired) electrons. The minimum Gasteiger partial charge on any atom is -0.412 e. The second-order valence-electron chi connectivity index (χ2n) is 23.0. The summed E-state index contributed by atoms with van der Waals surface area (Å²) in [5.41, 5.74) is 37.9. The van der Waals surface area contributed by atoms with Gasteiger partial charge in [0.05, 0.1) is 0 Å². The first-order valence-electron chi connectivity index (χ1n) is 27.6. The molecule has 9 aromatic carbocycles. The van der Waals surface area contributed by atoms with Crippen LogP contribution >= 0.6 is 0 Å². The average molecular weight is 1400 g/mol. The van der Waals surface area contributed by atoms with Gasteiger partial charge in [-0.1, -0.05) is 0 Å². The monoisotopic (exact) mass is 1400 g/mol. The number of benzene rings is 9. The summed E-state index contributed by atoms with van der Waals surface area (Å²) in [6, 6.07) is 49.3. The molecule has 0 aliphatic carbocycles. The molecule has 417 valence electrons. The quantitative estimate of drug-likeness (QED) is 0.134. The van der Waals surface area contributed by atoms with E-state index in [2.05, 4.69) is 252 Å². The van der Waals surface area contributed by atoms with Crippen molar-refractivity contribution in [3.8, 4) is 66.8 Å². The second kappa shape index (κ2) is 25.5. The molecule has 0 amide bonds. The van der Waals surface area contributed by atoms with E-state index in [4.69, 9.17) is 4.23 Å². The van der Waals surface area contributed by atoms with Gasteiger partial charge in [0.15, 0.2) is 0 Å². The Hall–Kier alpha value is -4.86. The Morgan fingerprint density at radius 2 is 0.333 bits per heavy atom. The molecule has 1 aliphatic heterocycles. The molecule has 6 N–H and O–H groups in total. The van der Waals surface area contributed by atoms with E-state index < -0.39 is 61.8 Å². The predicted octanol–water partition coefficient (Wildman–Crippen LogP) is 14.3. The SMILES string of the molecule is Cc1cc(C)c(-c2cccc(-c3c(C)cc(C)cc3C)[c]2[Sn]2[O][Sn]([c]3c(-c4c(C)cc(C)cc4C)cccc3-c3c(C)cc(C)cc3C)[O][Sn]([c]3c(-c4c(C)cc(C)cc4C)cccc3-c3c(C)cc(C)cc3C)[O]2)c(C)c1.O.O.O. The zero-order valence-electron chi connectivity index (χ0n) is 50.8. The third kappa shape index (κ3) is 12.2. The van der Waals surface area contributed by atoms with Crippen LogP contribution in [0.2, 0.25) is 0 Å². The molecule has 0 saturated carbocycles. The summed E-state index contributed by atoms with van der Waals surface area (Å²) in [4.78, 5) is 0. The molecule has 0 unspecified atom stereocenters. The zero-order valence-corrected chi connectivity index (χ0v) is 59.4. The van der Waals surface area contributed by atoms with Gasteiger partial charge in [-0.25, -0.2) is 0 Å². The predicted molar refractivity (Wildman–Crippen MR) is 347 cm³/mol. The molecule has 0 spiro atoms. The maximum absolute atomic E-state index is 8.39. The number of aryl methyl sites for hydroxylation is 18.